The van der Waals surface area contributed by atoms with Crippen LogP contribution in [0.3, 0.4) is 0 Å². The molecule has 0 N–H and O–H groups in total. The molecule has 2 aromatic carbocycles. The number of hydrogen-bond donors (Lipinski definition) is 0. The molecule has 150 valence electrons. The third-order valence-electron chi connectivity index (χ3n) is 4.48. The number of carbonyl (C=O) groups is 1. The Hall–Kier alpha value is -1.48. The molecular weight excluding hydrogens is 473 g/mol. The lowest BCUT2D eigenvalue weighted by Crippen LogP contribution is -2.35. The highest BCUT2D eigenvalue weighted by atomic mass is 79.9. The van der Waals surface area contributed by atoms with E-state index >= 15 is 0 Å². The van der Waals surface area contributed by atoms with Crippen molar-refractivity contribution < 1.29 is 22.3 Å². The predicted molar refractivity (Wildman–Crippen MR) is 107 cm³/mol. The van der Waals surface area contributed by atoms with Crippen molar-refractivity contribution >= 4 is 43.5 Å². The molecule has 1 saturated heterocycles. The van der Waals surface area contributed by atoms with Crippen molar-refractivity contribution in [2.45, 2.75) is 30.8 Å². The highest BCUT2D eigenvalue weighted by Crippen LogP contribution is 2.26. The number of benzene rings is 2. The second kappa shape index (κ2) is 8.90. The van der Waals surface area contributed by atoms with Crippen molar-refractivity contribution in [2.75, 3.05) is 13.1 Å². The monoisotopic (exact) mass is 489 g/mol. The second-order valence-electron chi connectivity index (χ2n) is 6.42. The van der Waals surface area contributed by atoms with Gasteiger partial charge < -0.3 is 4.74 Å². The molecule has 0 spiro atoms. The molecule has 5 nitrogen and oxygen atoms in total. The van der Waals surface area contributed by atoms with Gasteiger partial charge in [0.2, 0.25) is 10.0 Å². The summed E-state index contributed by atoms with van der Waals surface area (Å²) in [6.45, 7) is 0.610. The summed E-state index contributed by atoms with van der Waals surface area (Å²) >= 11 is 9.23. The lowest BCUT2D eigenvalue weighted by Gasteiger charge is -2.26. The zero-order valence-electron chi connectivity index (χ0n) is 14.8. The van der Waals surface area contributed by atoms with Gasteiger partial charge in [-0.1, -0.05) is 40.0 Å². The summed E-state index contributed by atoms with van der Waals surface area (Å²) in [7, 11) is -3.71. The van der Waals surface area contributed by atoms with E-state index in [9.17, 15) is 17.6 Å². The topological polar surface area (TPSA) is 63.7 Å². The van der Waals surface area contributed by atoms with Crippen molar-refractivity contribution in [1.82, 2.24) is 4.31 Å². The van der Waals surface area contributed by atoms with Crippen LogP contribution in [0.2, 0.25) is 5.02 Å². The van der Waals surface area contributed by atoms with Gasteiger partial charge in [-0.05, 0) is 43.2 Å². The summed E-state index contributed by atoms with van der Waals surface area (Å²) in [6, 6.07) is 8.33. The van der Waals surface area contributed by atoms with Crippen LogP contribution in [-0.2, 0) is 21.4 Å². The Bertz CT molecular complexity index is 993. The smallest absolute Gasteiger partial charge is 0.340 e. The van der Waals surface area contributed by atoms with Gasteiger partial charge in [0.05, 0.1) is 15.5 Å². The molecule has 0 bridgehead atoms. The van der Waals surface area contributed by atoms with Crippen LogP contribution in [0.4, 0.5) is 4.39 Å². The molecule has 0 aliphatic carbocycles. The van der Waals surface area contributed by atoms with E-state index in [1.54, 1.807) is 6.07 Å². The summed E-state index contributed by atoms with van der Waals surface area (Å²) < 4.78 is 46.6. The maximum atomic E-state index is 13.9. The van der Waals surface area contributed by atoms with Gasteiger partial charge in [-0.3, -0.25) is 0 Å². The number of esters is 1. The van der Waals surface area contributed by atoms with Crippen molar-refractivity contribution in [2.24, 2.45) is 0 Å². The Morgan fingerprint density at radius 2 is 1.86 bits per heavy atom. The van der Waals surface area contributed by atoms with Crippen molar-refractivity contribution in [1.29, 1.82) is 0 Å². The minimum Gasteiger partial charge on any atom is -0.457 e. The molecule has 0 saturated carbocycles. The van der Waals surface area contributed by atoms with Crippen LogP contribution in [0.1, 0.15) is 35.2 Å². The summed E-state index contributed by atoms with van der Waals surface area (Å²) in [5, 5.41) is 0.0684. The number of rotatable bonds is 5. The van der Waals surface area contributed by atoms with Gasteiger partial charge in [-0.15, -0.1) is 0 Å². The molecule has 1 aliphatic rings. The average Bonchev–Trinajstić information content (AvgIpc) is 2.68. The van der Waals surface area contributed by atoms with Gasteiger partial charge in [0, 0.05) is 23.1 Å². The maximum Gasteiger partial charge on any atom is 0.340 e. The number of nitrogens with zero attached hydrogens (tertiary/aromatic N) is 1. The normalized spacial score (nSPS) is 15.4. The first kappa shape index (κ1) is 21.2. The molecule has 1 fully saturated rings. The van der Waals surface area contributed by atoms with Crippen LogP contribution in [-0.4, -0.2) is 31.8 Å². The fourth-order valence-electron chi connectivity index (χ4n) is 2.94. The SMILES string of the molecule is O=C(OCc1ccc(Br)cc1F)c1cc(S(=O)(=O)N2CCCCC2)ccc1Cl. The van der Waals surface area contributed by atoms with E-state index in [2.05, 4.69) is 15.9 Å². The maximum absolute atomic E-state index is 13.9. The molecule has 0 radical (unpaired) electrons. The molecule has 9 heteroatoms. The minimum absolute atomic E-state index is 0.0134. The van der Waals surface area contributed by atoms with Crippen LogP contribution in [0, 0.1) is 5.82 Å². The standard InChI is InChI=1S/C19H18BrClFNO4S/c20-14-5-4-13(18(22)10-14)12-27-19(24)16-11-15(6-7-17(16)21)28(25,26)23-8-2-1-3-9-23/h4-7,10-11H,1-3,8-9,12H2. The second-order valence-corrected chi connectivity index (χ2v) is 9.68. The largest absolute Gasteiger partial charge is 0.457 e. The molecule has 2 aromatic rings. The Morgan fingerprint density at radius 1 is 1.14 bits per heavy atom. The van der Waals surface area contributed by atoms with E-state index in [0.717, 1.165) is 19.3 Å². The molecule has 1 aliphatic heterocycles. The van der Waals surface area contributed by atoms with Gasteiger partial charge in [-0.2, -0.15) is 4.31 Å². The summed E-state index contributed by atoms with van der Waals surface area (Å²) in [6.07, 6.45) is 2.61. The van der Waals surface area contributed by atoms with E-state index < -0.39 is 21.8 Å². The van der Waals surface area contributed by atoms with Gasteiger partial charge in [0.1, 0.15) is 12.4 Å². The number of piperidine rings is 1. The van der Waals surface area contributed by atoms with E-state index in [0.29, 0.717) is 17.6 Å². The third kappa shape index (κ3) is 4.74. The minimum atomic E-state index is -3.71. The fourth-order valence-corrected chi connectivity index (χ4v) is 5.01. The number of hydrogen-bond acceptors (Lipinski definition) is 4. The Morgan fingerprint density at radius 3 is 2.54 bits per heavy atom. The van der Waals surface area contributed by atoms with Crippen LogP contribution in [0.25, 0.3) is 0 Å². The fraction of sp³-hybridized carbons (Fsp3) is 0.316. The number of carbonyl (C=O) groups excluding carboxylic acids is 1. The molecule has 28 heavy (non-hydrogen) atoms. The summed E-state index contributed by atoms with van der Waals surface area (Å²) in [5.74, 6) is -1.34. The molecule has 0 aromatic heterocycles. The zero-order valence-corrected chi connectivity index (χ0v) is 18.0. The molecule has 0 unspecified atom stereocenters. The lowest BCUT2D eigenvalue weighted by molar-refractivity contribution is 0.0469. The van der Waals surface area contributed by atoms with E-state index in [1.165, 1.54) is 34.6 Å². The molecule has 0 atom stereocenters. The zero-order chi connectivity index (χ0) is 20.3. The van der Waals surface area contributed by atoms with Crippen molar-refractivity contribution in [3.05, 3.63) is 62.8 Å². The molecule has 1 heterocycles. The van der Waals surface area contributed by atoms with Crippen molar-refractivity contribution in [3.63, 3.8) is 0 Å². The number of ether oxygens (including phenoxy) is 1. The Labute approximate surface area is 176 Å². The molecule has 3 rings (SSSR count). The first-order chi connectivity index (χ1) is 13.3. The quantitative estimate of drug-likeness (QED) is 0.566. The van der Waals surface area contributed by atoms with Crippen LogP contribution >= 0.6 is 27.5 Å². The first-order valence-corrected chi connectivity index (χ1v) is 11.3. The lowest BCUT2D eigenvalue weighted by atomic mass is 10.2. The van der Waals surface area contributed by atoms with E-state index in [4.69, 9.17) is 16.3 Å². The predicted octanol–water partition coefficient (Wildman–Crippen LogP) is 4.77. The number of sulfonamides is 1. The highest BCUT2D eigenvalue weighted by molar-refractivity contribution is 9.10. The van der Waals surface area contributed by atoms with Gasteiger partial charge in [-0.25, -0.2) is 17.6 Å². The molecular formula is C19H18BrClFNO4S. The average molecular weight is 491 g/mol. The molecule has 0 amide bonds. The summed E-state index contributed by atoms with van der Waals surface area (Å²) in [4.78, 5) is 12.4. The first-order valence-electron chi connectivity index (χ1n) is 8.70. The Balaban J connectivity index is 1.79. The van der Waals surface area contributed by atoms with E-state index in [-0.39, 0.29) is 27.7 Å². The summed E-state index contributed by atoms with van der Waals surface area (Å²) in [5.41, 5.74) is 0.127. The van der Waals surface area contributed by atoms with Crippen LogP contribution in [0.5, 0.6) is 0 Å². The van der Waals surface area contributed by atoms with Crippen LogP contribution in [0.15, 0.2) is 45.8 Å². The third-order valence-corrected chi connectivity index (χ3v) is 7.20. The Kier molecular flexibility index (Phi) is 6.75. The number of halogens is 3. The van der Waals surface area contributed by atoms with Crippen molar-refractivity contribution in [3.8, 4) is 0 Å². The van der Waals surface area contributed by atoms with Gasteiger partial charge in [0.25, 0.3) is 0 Å². The van der Waals surface area contributed by atoms with Gasteiger partial charge >= 0.3 is 5.97 Å². The highest BCUT2D eigenvalue weighted by Gasteiger charge is 2.27. The van der Waals surface area contributed by atoms with E-state index in [1.807, 2.05) is 0 Å². The van der Waals surface area contributed by atoms with Crippen LogP contribution < -0.4 is 0 Å². The van der Waals surface area contributed by atoms with Gasteiger partial charge in [0.15, 0.2) is 0 Å².